The van der Waals surface area contributed by atoms with Gasteiger partial charge in [0.2, 0.25) is 0 Å². The van der Waals surface area contributed by atoms with Crippen LogP contribution < -0.4 is 0 Å². The lowest BCUT2D eigenvalue weighted by molar-refractivity contribution is -0.142. The van der Waals surface area contributed by atoms with E-state index in [9.17, 15) is 18.0 Å². The van der Waals surface area contributed by atoms with Crippen molar-refractivity contribution in [3.63, 3.8) is 0 Å². The monoisotopic (exact) mass is 494 g/mol. The Bertz CT molecular complexity index is 1210. The Morgan fingerprint density at radius 3 is 2.57 bits per heavy atom. The van der Waals surface area contributed by atoms with E-state index in [0.29, 0.717) is 15.9 Å². The second kappa shape index (κ2) is 7.84. The van der Waals surface area contributed by atoms with E-state index in [1.807, 2.05) is 30.3 Å². The first-order chi connectivity index (χ1) is 14.3. The summed E-state index contributed by atoms with van der Waals surface area (Å²) in [5.41, 5.74) is -0.134. The van der Waals surface area contributed by atoms with Crippen molar-refractivity contribution in [2.24, 2.45) is 0 Å². The van der Waals surface area contributed by atoms with Gasteiger partial charge in [0.05, 0.1) is 15.0 Å². The normalized spacial score (nSPS) is 11.8. The second-order valence-corrected chi connectivity index (χ2v) is 8.29. The van der Waals surface area contributed by atoms with E-state index < -0.39 is 17.8 Å². The van der Waals surface area contributed by atoms with Crippen molar-refractivity contribution < 1.29 is 18.0 Å². The molecule has 0 radical (unpaired) electrons. The van der Waals surface area contributed by atoms with Crippen LogP contribution in [0.3, 0.4) is 0 Å². The van der Waals surface area contributed by atoms with Gasteiger partial charge in [-0.3, -0.25) is 4.79 Å². The summed E-state index contributed by atoms with van der Waals surface area (Å²) < 4.78 is 42.0. The fraction of sp³-hybridized carbons (Fsp3) is 0.150. The standard InChI is InChI=1S/C20H14BrF3N4OS/c1-27(11-12-6-3-2-4-7-12)19(29)17-16(21)18-25-13(14-8-5-9-30-14)10-15(20(22,23)24)28(18)26-17/h2-10H,11H2,1H3. The molecule has 0 saturated carbocycles. The fourth-order valence-corrected chi connectivity index (χ4v) is 4.18. The Kier molecular flexibility index (Phi) is 5.37. The third kappa shape index (κ3) is 3.84. The number of nitrogens with zero attached hydrogens (tertiary/aromatic N) is 4. The van der Waals surface area contributed by atoms with Crippen LogP contribution in [-0.2, 0) is 12.7 Å². The number of alkyl halides is 3. The largest absolute Gasteiger partial charge is 0.433 e. The molecular formula is C20H14BrF3N4OS. The Morgan fingerprint density at radius 1 is 1.20 bits per heavy atom. The van der Waals surface area contributed by atoms with Crippen molar-refractivity contribution in [2.45, 2.75) is 12.7 Å². The highest BCUT2D eigenvalue weighted by molar-refractivity contribution is 9.10. The lowest BCUT2D eigenvalue weighted by Crippen LogP contribution is -2.27. The zero-order valence-corrected chi connectivity index (χ0v) is 17.9. The third-order valence-corrected chi connectivity index (χ3v) is 6.03. The van der Waals surface area contributed by atoms with Gasteiger partial charge in [-0.25, -0.2) is 9.50 Å². The molecule has 1 aromatic carbocycles. The minimum atomic E-state index is -4.67. The van der Waals surface area contributed by atoms with Crippen molar-refractivity contribution in [2.75, 3.05) is 7.05 Å². The molecule has 0 atom stereocenters. The lowest BCUT2D eigenvalue weighted by atomic mass is 10.2. The number of hydrogen-bond donors (Lipinski definition) is 0. The molecule has 0 aliphatic carbocycles. The SMILES string of the molecule is CN(Cc1ccccc1)C(=O)c1nn2c(C(F)(F)F)cc(-c3cccs3)nc2c1Br. The predicted octanol–water partition coefficient (Wildman–Crippen LogP) is 5.51. The van der Waals surface area contributed by atoms with E-state index in [1.165, 1.54) is 16.2 Å². The van der Waals surface area contributed by atoms with E-state index in [2.05, 4.69) is 26.0 Å². The van der Waals surface area contributed by atoms with E-state index in [0.717, 1.165) is 11.6 Å². The van der Waals surface area contributed by atoms with Gasteiger partial charge in [0.15, 0.2) is 17.0 Å². The number of carbonyl (C=O) groups is 1. The number of rotatable bonds is 4. The first-order valence-electron chi connectivity index (χ1n) is 8.75. The molecule has 1 amide bonds. The van der Waals surface area contributed by atoms with Crippen LogP contribution in [0.4, 0.5) is 13.2 Å². The molecule has 0 unspecified atom stereocenters. The molecule has 4 rings (SSSR count). The molecule has 30 heavy (non-hydrogen) atoms. The molecule has 0 fully saturated rings. The van der Waals surface area contributed by atoms with Crippen LogP contribution in [0.5, 0.6) is 0 Å². The number of amides is 1. The Morgan fingerprint density at radius 2 is 1.93 bits per heavy atom. The molecule has 0 bridgehead atoms. The van der Waals surface area contributed by atoms with E-state index >= 15 is 0 Å². The van der Waals surface area contributed by atoms with Gasteiger partial charge < -0.3 is 4.90 Å². The molecule has 3 aromatic heterocycles. The van der Waals surface area contributed by atoms with Gasteiger partial charge in [-0.1, -0.05) is 36.4 Å². The van der Waals surface area contributed by atoms with Crippen LogP contribution >= 0.6 is 27.3 Å². The number of carbonyl (C=O) groups excluding carboxylic acids is 1. The molecule has 4 aromatic rings. The summed E-state index contributed by atoms with van der Waals surface area (Å²) >= 11 is 4.53. The van der Waals surface area contributed by atoms with Crippen molar-refractivity contribution in [1.82, 2.24) is 19.5 Å². The number of benzene rings is 1. The van der Waals surface area contributed by atoms with E-state index in [1.54, 1.807) is 24.6 Å². The van der Waals surface area contributed by atoms with Gasteiger partial charge in [-0.05, 0) is 39.0 Å². The van der Waals surface area contributed by atoms with Crippen LogP contribution in [0.2, 0.25) is 0 Å². The summed E-state index contributed by atoms with van der Waals surface area (Å²) in [6.07, 6.45) is -4.67. The minimum Gasteiger partial charge on any atom is -0.336 e. The first-order valence-corrected chi connectivity index (χ1v) is 10.4. The van der Waals surface area contributed by atoms with E-state index in [4.69, 9.17) is 0 Å². The Hall–Kier alpha value is -2.72. The van der Waals surface area contributed by atoms with E-state index in [-0.39, 0.29) is 21.5 Å². The Labute approximate surface area is 181 Å². The molecule has 0 aliphatic heterocycles. The van der Waals surface area contributed by atoms with Gasteiger partial charge in [-0.15, -0.1) is 11.3 Å². The molecule has 0 N–H and O–H groups in total. The highest BCUT2D eigenvalue weighted by Gasteiger charge is 2.37. The third-order valence-electron chi connectivity index (χ3n) is 4.41. The molecule has 10 heteroatoms. The van der Waals surface area contributed by atoms with Crippen LogP contribution in [-0.4, -0.2) is 32.5 Å². The first kappa shape index (κ1) is 20.5. The Balaban J connectivity index is 1.80. The van der Waals surface area contributed by atoms with Crippen molar-refractivity contribution in [1.29, 1.82) is 0 Å². The van der Waals surface area contributed by atoms with Gasteiger partial charge in [0, 0.05) is 13.6 Å². The highest BCUT2D eigenvalue weighted by atomic mass is 79.9. The zero-order chi connectivity index (χ0) is 21.5. The topological polar surface area (TPSA) is 50.5 Å². The number of fused-ring (bicyclic) bond motifs is 1. The molecule has 154 valence electrons. The van der Waals surface area contributed by atoms with Crippen molar-refractivity contribution in [3.8, 4) is 10.6 Å². The number of halogens is 4. The number of thiophene rings is 1. The molecule has 0 saturated heterocycles. The molecule has 0 aliphatic rings. The van der Waals surface area contributed by atoms with Crippen molar-refractivity contribution >= 4 is 38.8 Å². The van der Waals surface area contributed by atoms with Crippen molar-refractivity contribution in [3.05, 3.63) is 75.3 Å². The summed E-state index contributed by atoms with van der Waals surface area (Å²) in [6.45, 7) is 0.292. The second-order valence-electron chi connectivity index (χ2n) is 6.55. The minimum absolute atomic E-state index is 0.0651. The molecular weight excluding hydrogens is 481 g/mol. The summed E-state index contributed by atoms with van der Waals surface area (Å²) in [4.78, 5) is 19.2. The highest BCUT2D eigenvalue weighted by Crippen LogP contribution is 2.35. The molecule has 3 heterocycles. The number of hydrogen-bond acceptors (Lipinski definition) is 4. The molecule has 5 nitrogen and oxygen atoms in total. The zero-order valence-electron chi connectivity index (χ0n) is 15.5. The van der Waals surface area contributed by atoms with Gasteiger partial charge in [0.25, 0.3) is 5.91 Å². The predicted molar refractivity (Wildman–Crippen MR) is 111 cm³/mol. The quantitative estimate of drug-likeness (QED) is 0.375. The number of aromatic nitrogens is 3. The summed E-state index contributed by atoms with van der Waals surface area (Å²) in [7, 11) is 1.57. The summed E-state index contributed by atoms with van der Waals surface area (Å²) in [5, 5.41) is 5.72. The maximum atomic E-state index is 13.7. The van der Waals surface area contributed by atoms with Crippen LogP contribution in [0, 0.1) is 0 Å². The van der Waals surface area contributed by atoms with Gasteiger partial charge in [-0.2, -0.15) is 18.3 Å². The maximum absolute atomic E-state index is 13.7. The average molecular weight is 495 g/mol. The fourth-order valence-electron chi connectivity index (χ4n) is 2.99. The average Bonchev–Trinajstić information content (AvgIpc) is 3.35. The van der Waals surface area contributed by atoms with Gasteiger partial charge in [0.1, 0.15) is 0 Å². The van der Waals surface area contributed by atoms with Crippen LogP contribution in [0.1, 0.15) is 21.7 Å². The summed E-state index contributed by atoms with van der Waals surface area (Å²) in [5.74, 6) is -0.512. The smallest absolute Gasteiger partial charge is 0.336 e. The van der Waals surface area contributed by atoms with Gasteiger partial charge >= 0.3 is 6.18 Å². The lowest BCUT2D eigenvalue weighted by Gasteiger charge is -2.16. The summed E-state index contributed by atoms with van der Waals surface area (Å²) in [6, 6.07) is 13.6. The maximum Gasteiger partial charge on any atom is 0.433 e. The van der Waals surface area contributed by atoms with Crippen LogP contribution in [0.15, 0.2) is 58.4 Å². The van der Waals surface area contributed by atoms with Crippen LogP contribution in [0.25, 0.3) is 16.2 Å². The molecule has 0 spiro atoms.